The molecule has 1 aliphatic carbocycles. The van der Waals surface area contributed by atoms with E-state index < -0.39 is 0 Å². The monoisotopic (exact) mass is 351 g/mol. The quantitative estimate of drug-likeness (QED) is 0.251. The zero-order valence-corrected chi connectivity index (χ0v) is 16.4. The van der Waals surface area contributed by atoms with Crippen LogP contribution in [-0.2, 0) is 14.5 Å². The molecule has 0 N–H and O–H groups in total. The molecule has 0 amide bonds. The molecule has 0 spiro atoms. The summed E-state index contributed by atoms with van der Waals surface area (Å²) in [7, 11) is 0. The average Bonchev–Trinajstić information content (AvgIpc) is 2.56. The van der Waals surface area contributed by atoms with E-state index in [1.54, 1.807) is 6.08 Å². The molecule has 25 heavy (non-hydrogen) atoms. The summed E-state index contributed by atoms with van der Waals surface area (Å²) in [5.41, 5.74) is 2.83. The third-order valence-electron chi connectivity index (χ3n) is 3.82. The summed E-state index contributed by atoms with van der Waals surface area (Å²) in [6, 6.07) is 0. The Hall–Kier alpha value is -1.85. The first-order chi connectivity index (χ1) is 12.0. The van der Waals surface area contributed by atoms with Gasteiger partial charge in [-0.2, -0.15) is 0 Å². The summed E-state index contributed by atoms with van der Waals surface area (Å²) in [5, 5.41) is 13.1. The van der Waals surface area contributed by atoms with Gasteiger partial charge in [0, 0.05) is 0 Å². The van der Waals surface area contributed by atoms with Gasteiger partial charge in [-0.05, 0) is 38.5 Å². The van der Waals surface area contributed by atoms with Gasteiger partial charge >= 0.3 is 0 Å². The first-order valence-corrected chi connectivity index (χ1v) is 9.16. The second-order valence-corrected chi connectivity index (χ2v) is 6.87. The van der Waals surface area contributed by atoms with Crippen LogP contribution in [0.25, 0.3) is 0 Å². The number of rotatable bonds is 10. The summed E-state index contributed by atoms with van der Waals surface area (Å²) in [5.74, 6) is -0.129. The molecule has 0 radical (unpaired) electrons. The third-order valence-corrected chi connectivity index (χ3v) is 3.82. The minimum absolute atomic E-state index is 0.0433. The molecule has 6 nitrogen and oxygen atoms in total. The zero-order chi connectivity index (χ0) is 18.7. The van der Waals surface area contributed by atoms with Gasteiger partial charge in [0.2, 0.25) is 0 Å². The first-order valence-electron chi connectivity index (χ1n) is 9.16. The van der Waals surface area contributed by atoms with Crippen LogP contribution in [-0.4, -0.2) is 37.0 Å². The van der Waals surface area contributed by atoms with Crippen LogP contribution in [0.3, 0.4) is 0 Å². The average molecular weight is 351 g/mol. The molecule has 1 unspecified atom stereocenters. The van der Waals surface area contributed by atoms with Gasteiger partial charge in [0.15, 0.2) is 0 Å². The Morgan fingerprint density at radius 3 is 2.08 bits per heavy atom. The highest BCUT2D eigenvalue weighted by molar-refractivity contribution is 6.25. The highest BCUT2D eigenvalue weighted by Crippen LogP contribution is 2.36. The van der Waals surface area contributed by atoms with Gasteiger partial charge in [-0.15, -0.1) is 0 Å². The lowest BCUT2D eigenvalue weighted by atomic mass is 9.69. The standard InChI is InChI=1S/C19H33N3O3/c1-7-11-15(20-25-12-8-2)18-16(21-23-9-3)13-19(5,6)14-17(18)22-24-10-4/h8,18H,2,7,9-14H2,1,3-6H3/b20-15+,21-16-,22-17+. The lowest BCUT2D eigenvalue weighted by Gasteiger charge is -2.36. The van der Waals surface area contributed by atoms with Crippen LogP contribution >= 0.6 is 0 Å². The molecule has 0 heterocycles. The number of oxime groups is 3. The van der Waals surface area contributed by atoms with E-state index in [0.29, 0.717) is 19.8 Å². The van der Waals surface area contributed by atoms with Crippen LogP contribution in [0.1, 0.15) is 60.3 Å². The van der Waals surface area contributed by atoms with Gasteiger partial charge in [-0.25, -0.2) is 0 Å². The molecule has 1 saturated carbocycles. The molecular formula is C19H33N3O3. The van der Waals surface area contributed by atoms with Gasteiger partial charge in [0.1, 0.15) is 19.8 Å². The smallest absolute Gasteiger partial charge is 0.135 e. The molecule has 1 atom stereocenters. The SMILES string of the molecule is C=CCO/N=C(\CCC)C1/C(=N\OCC)CC(C)(C)C/C1=N\OCC. The predicted octanol–water partition coefficient (Wildman–Crippen LogP) is 4.57. The fourth-order valence-electron chi connectivity index (χ4n) is 2.96. The van der Waals surface area contributed by atoms with Crippen molar-refractivity contribution in [1.29, 1.82) is 0 Å². The molecule has 0 aromatic carbocycles. The van der Waals surface area contributed by atoms with Crippen molar-refractivity contribution in [2.45, 2.75) is 60.3 Å². The van der Waals surface area contributed by atoms with Crippen molar-refractivity contribution in [3.05, 3.63) is 12.7 Å². The van der Waals surface area contributed by atoms with Gasteiger partial charge in [0.05, 0.1) is 23.1 Å². The molecule has 142 valence electrons. The maximum Gasteiger partial charge on any atom is 0.135 e. The molecule has 1 fully saturated rings. The fraction of sp³-hybridized carbons (Fsp3) is 0.737. The minimum Gasteiger partial charge on any atom is -0.396 e. The van der Waals surface area contributed by atoms with Gasteiger partial charge < -0.3 is 14.5 Å². The van der Waals surface area contributed by atoms with Crippen LogP contribution in [0.2, 0.25) is 0 Å². The third kappa shape index (κ3) is 6.88. The lowest BCUT2D eigenvalue weighted by molar-refractivity contribution is 0.150. The van der Waals surface area contributed by atoms with E-state index in [2.05, 4.69) is 42.8 Å². The zero-order valence-electron chi connectivity index (χ0n) is 16.4. The summed E-state index contributed by atoms with van der Waals surface area (Å²) < 4.78 is 0. The van der Waals surface area contributed by atoms with Gasteiger partial charge in [0.25, 0.3) is 0 Å². The summed E-state index contributed by atoms with van der Waals surface area (Å²) in [6.45, 7) is 15.5. The van der Waals surface area contributed by atoms with Crippen molar-refractivity contribution >= 4 is 17.1 Å². The summed E-state index contributed by atoms with van der Waals surface area (Å²) >= 11 is 0. The van der Waals surface area contributed by atoms with Crippen molar-refractivity contribution in [3.63, 3.8) is 0 Å². The second-order valence-electron chi connectivity index (χ2n) is 6.87. The molecule has 6 heteroatoms. The molecule has 0 saturated heterocycles. The topological polar surface area (TPSA) is 64.8 Å². The van der Waals surface area contributed by atoms with Crippen LogP contribution < -0.4 is 0 Å². The second kappa shape index (κ2) is 10.9. The Kier molecular flexibility index (Phi) is 9.24. The normalized spacial score (nSPS) is 23.6. The van der Waals surface area contributed by atoms with E-state index in [0.717, 1.165) is 42.8 Å². The van der Waals surface area contributed by atoms with E-state index in [1.165, 1.54) is 0 Å². The van der Waals surface area contributed by atoms with Gasteiger partial charge in [-0.3, -0.25) is 0 Å². The summed E-state index contributed by atoms with van der Waals surface area (Å²) in [4.78, 5) is 16.2. The molecule has 0 aromatic rings. The number of hydrogen-bond acceptors (Lipinski definition) is 6. The Morgan fingerprint density at radius 2 is 1.64 bits per heavy atom. The van der Waals surface area contributed by atoms with Crippen LogP contribution in [0, 0.1) is 11.3 Å². The minimum atomic E-state index is -0.129. The maximum absolute atomic E-state index is 5.39. The molecule has 0 bridgehead atoms. The molecule has 0 aliphatic heterocycles. The molecule has 1 rings (SSSR count). The predicted molar refractivity (Wildman–Crippen MR) is 103 cm³/mol. The van der Waals surface area contributed by atoms with Crippen molar-refractivity contribution < 1.29 is 14.5 Å². The van der Waals surface area contributed by atoms with E-state index >= 15 is 0 Å². The van der Waals surface area contributed by atoms with E-state index in [-0.39, 0.29) is 11.3 Å². The highest BCUT2D eigenvalue weighted by Gasteiger charge is 2.40. The molecular weight excluding hydrogens is 318 g/mol. The number of hydrogen-bond donors (Lipinski definition) is 0. The van der Waals surface area contributed by atoms with E-state index in [9.17, 15) is 0 Å². The van der Waals surface area contributed by atoms with Crippen LogP contribution in [0.5, 0.6) is 0 Å². The Morgan fingerprint density at radius 1 is 1.08 bits per heavy atom. The van der Waals surface area contributed by atoms with Crippen molar-refractivity contribution in [1.82, 2.24) is 0 Å². The van der Waals surface area contributed by atoms with Crippen molar-refractivity contribution in [2.24, 2.45) is 26.8 Å². The maximum atomic E-state index is 5.39. The van der Waals surface area contributed by atoms with E-state index in [1.807, 2.05) is 13.8 Å². The molecule has 0 aromatic heterocycles. The van der Waals surface area contributed by atoms with Crippen molar-refractivity contribution in [2.75, 3.05) is 19.8 Å². The van der Waals surface area contributed by atoms with Crippen LogP contribution in [0.4, 0.5) is 0 Å². The largest absolute Gasteiger partial charge is 0.396 e. The Bertz CT molecular complexity index is 482. The first kappa shape index (κ1) is 21.2. The highest BCUT2D eigenvalue weighted by atomic mass is 16.6. The number of nitrogens with zero attached hydrogens (tertiary/aromatic N) is 3. The van der Waals surface area contributed by atoms with Crippen molar-refractivity contribution in [3.8, 4) is 0 Å². The van der Waals surface area contributed by atoms with Crippen LogP contribution in [0.15, 0.2) is 28.1 Å². The fourth-order valence-corrected chi connectivity index (χ4v) is 2.96. The Balaban J connectivity index is 3.29. The molecule has 1 aliphatic rings. The Labute approximate surface area is 152 Å². The van der Waals surface area contributed by atoms with Gasteiger partial charge in [-0.1, -0.05) is 55.3 Å². The summed E-state index contributed by atoms with van der Waals surface area (Å²) in [6.07, 6.45) is 5.10. The lowest BCUT2D eigenvalue weighted by Crippen LogP contribution is -2.42. The van der Waals surface area contributed by atoms with E-state index in [4.69, 9.17) is 14.5 Å².